The fraction of sp³-hybridized carbons (Fsp3) is 0.190. The minimum atomic E-state index is -1.22. The number of anilines is 2. The summed E-state index contributed by atoms with van der Waals surface area (Å²) < 4.78 is 24.0. The van der Waals surface area contributed by atoms with Crippen molar-refractivity contribution in [1.82, 2.24) is 0 Å². The van der Waals surface area contributed by atoms with Gasteiger partial charge < -0.3 is 20.1 Å². The van der Waals surface area contributed by atoms with Gasteiger partial charge in [0.05, 0.1) is 0 Å². The molecule has 1 aliphatic rings. The summed E-state index contributed by atoms with van der Waals surface area (Å²) in [5.74, 6) is -2.70. The lowest BCUT2D eigenvalue weighted by Crippen LogP contribution is -2.31. The number of hydrogen-bond acceptors (Lipinski definition) is 6. The Morgan fingerprint density at radius 3 is 2.55 bits per heavy atom. The van der Waals surface area contributed by atoms with E-state index in [1.165, 1.54) is 25.1 Å². The summed E-state index contributed by atoms with van der Waals surface area (Å²) in [4.78, 5) is 36.8. The normalized spacial score (nSPS) is 14.2. The van der Waals surface area contributed by atoms with E-state index >= 15 is 0 Å². The Bertz CT molecular complexity index is 988. The number of benzene rings is 2. The molecule has 0 saturated heterocycles. The van der Waals surface area contributed by atoms with Crippen LogP contribution in [0.15, 0.2) is 60.0 Å². The lowest BCUT2D eigenvalue weighted by Gasteiger charge is -2.14. The number of carbonyl (C=O) groups is 3. The number of esters is 1. The van der Waals surface area contributed by atoms with Crippen LogP contribution in [-0.4, -0.2) is 30.4 Å². The molecule has 2 N–H and O–H groups in total. The molecule has 0 fully saturated rings. The maximum Gasteiger partial charge on any atom is 0.348 e. The standard InChI is InChI=1S/C21H19FN2O5/c1-12-8-9-15(10-16(12)22)23-19(26)13(2)29-21(27)18-17(25)11-28-20(18)24-14-6-4-3-5-7-14/h3-10,13,24H,11H2,1-2H3,(H,23,26)/t13-/m1/s1. The van der Waals surface area contributed by atoms with E-state index in [-0.39, 0.29) is 23.8 Å². The Kier molecular flexibility index (Phi) is 5.92. The van der Waals surface area contributed by atoms with Crippen molar-refractivity contribution in [2.45, 2.75) is 20.0 Å². The Morgan fingerprint density at radius 2 is 1.86 bits per heavy atom. The fourth-order valence-corrected chi connectivity index (χ4v) is 2.55. The van der Waals surface area contributed by atoms with Crippen LogP contribution in [0.4, 0.5) is 15.8 Å². The van der Waals surface area contributed by atoms with E-state index in [0.717, 1.165) is 0 Å². The van der Waals surface area contributed by atoms with E-state index < -0.39 is 29.6 Å². The van der Waals surface area contributed by atoms with E-state index in [0.29, 0.717) is 11.3 Å². The van der Waals surface area contributed by atoms with Crippen LogP contribution in [0.1, 0.15) is 12.5 Å². The second kappa shape index (κ2) is 8.55. The number of amides is 1. The maximum absolute atomic E-state index is 13.6. The van der Waals surface area contributed by atoms with E-state index in [9.17, 15) is 18.8 Å². The molecular weight excluding hydrogens is 379 g/mol. The SMILES string of the molecule is Cc1ccc(NC(=O)[C@@H](C)OC(=O)C2=C(Nc3ccccc3)OCC2=O)cc1F. The Labute approximate surface area is 166 Å². The van der Waals surface area contributed by atoms with Crippen molar-refractivity contribution >= 4 is 29.0 Å². The monoisotopic (exact) mass is 398 g/mol. The summed E-state index contributed by atoms with van der Waals surface area (Å²) in [5.41, 5.74) is 0.990. The number of ether oxygens (including phenoxy) is 2. The molecule has 1 amide bonds. The summed E-state index contributed by atoms with van der Waals surface area (Å²) >= 11 is 0. The molecule has 8 heteroatoms. The van der Waals surface area contributed by atoms with Gasteiger partial charge >= 0.3 is 5.97 Å². The summed E-state index contributed by atoms with van der Waals surface area (Å²) in [6.07, 6.45) is -1.22. The van der Waals surface area contributed by atoms with Crippen LogP contribution in [-0.2, 0) is 23.9 Å². The van der Waals surface area contributed by atoms with Crippen LogP contribution >= 0.6 is 0 Å². The Balaban J connectivity index is 1.68. The van der Waals surface area contributed by atoms with Crippen LogP contribution in [0.5, 0.6) is 0 Å². The third kappa shape index (κ3) is 4.78. The average molecular weight is 398 g/mol. The third-order valence-corrected chi connectivity index (χ3v) is 4.18. The zero-order valence-electron chi connectivity index (χ0n) is 15.8. The van der Waals surface area contributed by atoms with Gasteiger partial charge in [-0.15, -0.1) is 0 Å². The van der Waals surface area contributed by atoms with Gasteiger partial charge in [0, 0.05) is 11.4 Å². The van der Waals surface area contributed by atoms with E-state index in [4.69, 9.17) is 9.47 Å². The van der Waals surface area contributed by atoms with Crippen molar-refractivity contribution in [2.24, 2.45) is 0 Å². The minimum Gasteiger partial charge on any atom is -0.470 e. The number of halogens is 1. The second-order valence-electron chi connectivity index (χ2n) is 6.41. The average Bonchev–Trinajstić information content (AvgIpc) is 3.05. The molecular formula is C21H19FN2O5. The third-order valence-electron chi connectivity index (χ3n) is 4.18. The smallest absolute Gasteiger partial charge is 0.348 e. The van der Waals surface area contributed by atoms with Gasteiger partial charge in [-0.3, -0.25) is 9.59 Å². The minimum absolute atomic E-state index is 0.0283. The van der Waals surface area contributed by atoms with Gasteiger partial charge in [0.2, 0.25) is 11.7 Å². The van der Waals surface area contributed by atoms with Gasteiger partial charge in [-0.2, -0.15) is 0 Å². The molecule has 0 spiro atoms. The predicted molar refractivity (Wildman–Crippen MR) is 103 cm³/mol. The van der Waals surface area contributed by atoms with Gasteiger partial charge in [0.15, 0.2) is 18.3 Å². The fourth-order valence-electron chi connectivity index (χ4n) is 2.55. The van der Waals surface area contributed by atoms with Crippen molar-refractivity contribution < 1.29 is 28.2 Å². The maximum atomic E-state index is 13.6. The van der Waals surface area contributed by atoms with Crippen molar-refractivity contribution in [3.05, 3.63) is 71.4 Å². The number of aryl methyl sites for hydroxylation is 1. The molecule has 7 nitrogen and oxygen atoms in total. The Morgan fingerprint density at radius 1 is 1.14 bits per heavy atom. The Hall–Kier alpha value is -3.68. The number of Topliss-reactive ketones (excluding diaryl/α,β-unsaturated/α-hetero) is 1. The van der Waals surface area contributed by atoms with Gasteiger partial charge in [-0.05, 0) is 43.7 Å². The van der Waals surface area contributed by atoms with Crippen LogP contribution in [0.3, 0.4) is 0 Å². The van der Waals surface area contributed by atoms with Crippen molar-refractivity contribution in [3.8, 4) is 0 Å². The van der Waals surface area contributed by atoms with E-state index in [1.807, 2.05) is 6.07 Å². The molecule has 0 aromatic heterocycles. The molecule has 2 aromatic carbocycles. The highest BCUT2D eigenvalue weighted by Crippen LogP contribution is 2.21. The number of ketones is 1. The molecule has 150 valence electrons. The summed E-state index contributed by atoms with van der Waals surface area (Å²) in [5, 5.41) is 5.31. The highest BCUT2D eigenvalue weighted by Gasteiger charge is 2.34. The van der Waals surface area contributed by atoms with Crippen LogP contribution in [0.25, 0.3) is 0 Å². The van der Waals surface area contributed by atoms with Crippen LogP contribution < -0.4 is 10.6 Å². The molecule has 0 unspecified atom stereocenters. The molecule has 29 heavy (non-hydrogen) atoms. The lowest BCUT2D eigenvalue weighted by atomic mass is 10.2. The molecule has 3 rings (SSSR count). The van der Waals surface area contributed by atoms with Gasteiger partial charge in [0.1, 0.15) is 5.82 Å². The van der Waals surface area contributed by atoms with E-state index in [2.05, 4.69) is 10.6 Å². The number of rotatable bonds is 6. The second-order valence-corrected chi connectivity index (χ2v) is 6.41. The number of nitrogens with one attached hydrogen (secondary N) is 2. The lowest BCUT2D eigenvalue weighted by molar-refractivity contribution is -0.150. The largest absolute Gasteiger partial charge is 0.470 e. The first kappa shape index (κ1) is 20.1. The summed E-state index contributed by atoms with van der Waals surface area (Å²) in [7, 11) is 0. The molecule has 1 heterocycles. The highest BCUT2D eigenvalue weighted by atomic mass is 19.1. The quantitative estimate of drug-likeness (QED) is 0.574. The molecule has 1 aliphatic heterocycles. The highest BCUT2D eigenvalue weighted by molar-refractivity contribution is 6.20. The summed E-state index contributed by atoms with van der Waals surface area (Å²) in [6.45, 7) is 2.65. The molecule has 0 bridgehead atoms. The van der Waals surface area contributed by atoms with Crippen LogP contribution in [0.2, 0.25) is 0 Å². The molecule has 1 atom stereocenters. The van der Waals surface area contributed by atoms with Gasteiger partial charge in [0.25, 0.3) is 5.91 Å². The molecule has 0 aliphatic carbocycles. The van der Waals surface area contributed by atoms with Gasteiger partial charge in [-0.25, -0.2) is 9.18 Å². The number of hydrogen-bond donors (Lipinski definition) is 2. The predicted octanol–water partition coefficient (Wildman–Crippen LogP) is 2.93. The topological polar surface area (TPSA) is 93.7 Å². The first-order valence-corrected chi connectivity index (χ1v) is 8.85. The van der Waals surface area contributed by atoms with Gasteiger partial charge in [-0.1, -0.05) is 24.3 Å². The first-order chi connectivity index (χ1) is 13.8. The zero-order chi connectivity index (χ0) is 21.0. The molecule has 2 aromatic rings. The van der Waals surface area contributed by atoms with Crippen molar-refractivity contribution in [2.75, 3.05) is 17.2 Å². The van der Waals surface area contributed by atoms with E-state index in [1.54, 1.807) is 31.2 Å². The molecule has 0 radical (unpaired) electrons. The van der Waals surface area contributed by atoms with Crippen molar-refractivity contribution in [3.63, 3.8) is 0 Å². The zero-order valence-corrected chi connectivity index (χ0v) is 15.8. The summed E-state index contributed by atoms with van der Waals surface area (Å²) in [6, 6.07) is 13.1. The number of carbonyl (C=O) groups excluding carboxylic acids is 3. The number of para-hydroxylation sites is 1. The van der Waals surface area contributed by atoms with Crippen molar-refractivity contribution in [1.29, 1.82) is 0 Å². The molecule has 0 saturated carbocycles. The first-order valence-electron chi connectivity index (χ1n) is 8.85. The van der Waals surface area contributed by atoms with Crippen LogP contribution in [0, 0.1) is 12.7 Å².